The summed E-state index contributed by atoms with van der Waals surface area (Å²) >= 11 is 0. The number of carbonyl (C=O) groups is 2. The van der Waals surface area contributed by atoms with Crippen LogP contribution in [-0.2, 0) is 11.2 Å². The zero-order chi connectivity index (χ0) is 31.0. The number of halogens is 2. The highest BCUT2D eigenvalue weighted by molar-refractivity contribution is 6.05. The van der Waals surface area contributed by atoms with Crippen LogP contribution in [0.4, 0.5) is 14.5 Å². The summed E-state index contributed by atoms with van der Waals surface area (Å²) in [4.78, 5) is 32.3. The van der Waals surface area contributed by atoms with E-state index in [9.17, 15) is 14.0 Å². The molecule has 5 atom stereocenters. The summed E-state index contributed by atoms with van der Waals surface area (Å²) in [5.74, 6) is -2.52. The second kappa shape index (κ2) is 12.4. The highest BCUT2D eigenvalue weighted by atomic mass is 19.2. The molecule has 11 heteroatoms. The molecule has 1 aliphatic carbocycles. The van der Waals surface area contributed by atoms with Gasteiger partial charge in [-0.1, -0.05) is 13.0 Å². The van der Waals surface area contributed by atoms with Crippen LogP contribution >= 0.6 is 0 Å². The lowest BCUT2D eigenvalue weighted by atomic mass is 9.87. The highest BCUT2D eigenvalue weighted by Gasteiger charge is 2.41. The van der Waals surface area contributed by atoms with E-state index < -0.39 is 11.6 Å². The summed E-state index contributed by atoms with van der Waals surface area (Å²) in [5.41, 5.74) is 3.86. The average molecular weight is 605 g/mol. The number of nitrogens with zero attached hydrogens (tertiary/aromatic N) is 2. The summed E-state index contributed by atoms with van der Waals surface area (Å²) < 4.78 is 34.5. The molecule has 2 aromatic carbocycles. The number of allylic oxidation sites excluding steroid dienone is 2. The predicted molar refractivity (Wildman–Crippen MR) is 165 cm³/mol. The number of hydrogen-bond donors (Lipinski definition) is 4. The number of rotatable bonds is 9. The van der Waals surface area contributed by atoms with Gasteiger partial charge in [0.1, 0.15) is 6.17 Å². The fourth-order valence-corrected chi connectivity index (χ4v) is 6.30. The highest BCUT2D eigenvalue weighted by Crippen LogP contribution is 2.39. The Kier molecular flexibility index (Phi) is 8.40. The van der Waals surface area contributed by atoms with Crippen molar-refractivity contribution < 1.29 is 23.1 Å². The third kappa shape index (κ3) is 5.80. The van der Waals surface area contributed by atoms with Crippen molar-refractivity contribution in [2.45, 2.75) is 63.3 Å². The number of hydrogen-bond acceptors (Lipinski definition) is 7. The molecule has 4 N–H and O–H groups in total. The van der Waals surface area contributed by atoms with E-state index in [-0.39, 0.29) is 53.3 Å². The Labute approximate surface area is 255 Å². The molecule has 4 aliphatic rings. The maximum atomic E-state index is 15.0. The lowest BCUT2D eigenvalue weighted by molar-refractivity contribution is -0.122. The van der Waals surface area contributed by atoms with Crippen LogP contribution in [0.3, 0.4) is 0 Å². The monoisotopic (exact) mass is 604 g/mol. The van der Waals surface area contributed by atoms with Crippen LogP contribution in [0.15, 0.2) is 53.8 Å². The zero-order valence-electron chi connectivity index (χ0n) is 25.1. The maximum Gasteiger partial charge on any atom is 0.251 e. The first kappa shape index (κ1) is 29.8. The lowest BCUT2D eigenvalue weighted by Gasteiger charge is -2.30. The summed E-state index contributed by atoms with van der Waals surface area (Å²) in [5, 5.41) is 12.9. The van der Waals surface area contributed by atoms with E-state index in [4.69, 9.17) is 4.74 Å². The maximum absolute atomic E-state index is 15.0. The first-order valence-corrected chi connectivity index (χ1v) is 15.2. The molecule has 9 nitrogen and oxygen atoms in total. The molecule has 232 valence electrons. The van der Waals surface area contributed by atoms with Gasteiger partial charge in [0.2, 0.25) is 11.7 Å². The number of carbonyl (C=O) groups excluding carboxylic acids is 2. The fraction of sp³-hybridized carbons (Fsp3) is 0.424. The van der Waals surface area contributed by atoms with E-state index in [0.717, 1.165) is 42.8 Å². The molecule has 0 aromatic heterocycles. The van der Waals surface area contributed by atoms with E-state index in [0.29, 0.717) is 24.0 Å². The molecule has 44 heavy (non-hydrogen) atoms. The van der Waals surface area contributed by atoms with Crippen LogP contribution in [0.25, 0.3) is 5.57 Å². The van der Waals surface area contributed by atoms with Gasteiger partial charge in [0.05, 0.1) is 30.9 Å². The zero-order valence-corrected chi connectivity index (χ0v) is 25.1. The first-order chi connectivity index (χ1) is 21.3. The standard InChI is InChI=1S/C33H38F2N6O3/c1-4-18-15-19(9-10-20(18)32(42)39-25-16-26(25)40-33(43)24-8-5-13-36-24)38-31-30-22(7-6-14-41(31)2)23(17-37-30)21-11-12-27(44-3)29(35)28(21)34/h6,9-12,14-15,17,22,24-26,31,36,38H,4-5,7-8,13,16H2,1-3H3,(H,39,42)(H,40,43). The minimum Gasteiger partial charge on any atom is -0.494 e. The fourth-order valence-electron chi connectivity index (χ4n) is 6.30. The van der Waals surface area contributed by atoms with Gasteiger partial charge in [-0.15, -0.1) is 0 Å². The van der Waals surface area contributed by atoms with Crippen molar-refractivity contribution in [3.8, 4) is 5.75 Å². The SMILES string of the molecule is CCc1cc(NC2C3=NC=C(c4ccc(OC)c(F)c4F)C3CC=CN2C)ccc1C(=O)NC1CC1NC(=O)C1CCCN1. The molecule has 3 heterocycles. The summed E-state index contributed by atoms with van der Waals surface area (Å²) in [7, 11) is 3.24. The molecule has 2 fully saturated rings. The Morgan fingerprint density at radius 2 is 1.95 bits per heavy atom. The molecular weight excluding hydrogens is 566 g/mol. The van der Waals surface area contributed by atoms with Crippen LogP contribution in [0.2, 0.25) is 0 Å². The predicted octanol–water partition coefficient (Wildman–Crippen LogP) is 3.97. The normalized spacial score (nSPS) is 25.5. The minimum absolute atomic E-state index is 0.00461. The Hall–Kier alpha value is -4.25. The van der Waals surface area contributed by atoms with Crippen molar-refractivity contribution >= 4 is 28.8 Å². The van der Waals surface area contributed by atoms with Crippen LogP contribution < -0.4 is 26.0 Å². The molecule has 6 rings (SSSR count). The van der Waals surface area contributed by atoms with Crippen molar-refractivity contribution in [1.29, 1.82) is 0 Å². The molecule has 0 spiro atoms. The molecule has 5 unspecified atom stereocenters. The van der Waals surface area contributed by atoms with Crippen molar-refractivity contribution in [2.24, 2.45) is 10.9 Å². The molecular formula is C33H38F2N6O3. The molecule has 2 aromatic rings. The smallest absolute Gasteiger partial charge is 0.251 e. The van der Waals surface area contributed by atoms with Gasteiger partial charge in [-0.25, -0.2) is 4.39 Å². The van der Waals surface area contributed by atoms with Gasteiger partial charge in [-0.2, -0.15) is 4.39 Å². The Morgan fingerprint density at radius 3 is 2.70 bits per heavy atom. The van der Waals surface area contributed by atoms with E-state index >= 15 is 4.39 Å². The number of aliphatic imine (C=N–C) groups is 1. The van der Waals surface area contributed by atoms with Crippen molar-refractivity contribution in [3.63, 3.8) is 0 Å². The molecule has 2 amide bonds. The van der Waals surface area contributed by atoms with Crippen molar-refractivity contribution in [3.05, 3.63) is 77.1 Å². The van der Waals surface area contributed by atoms with Crippen molar-refractivity contribution in [1.82, 2.24) is 20.9 Å². The van der Waals surface area contributed by atoms with E-state index in [2.05, 4.69) is 26.3 Å². The topological polar surface area (TPSA) is 107 Å². The number of fused-ring (bicyclic) bond motifs is 1. The Bertz CT molecular complexity index is 1550. The largest absolute Gasteiger partial charge is 0.494 e. The average Bonchev–Trinajstić information content (AvgIpc) is 3.38. The molecule has 1 saturated carbocycles. The van der Waals surface area contributed by atoms with Crippen LogP contribution in [0, 0.1) is 17.6 Å². The second-order valence-corrected chi connectivity index (χ2v) is 11.8. The number of aryl methyl sites for hydroxylation is 1. The van der Waals surface area contributed by atoms with Gasteiger partial charge in [-0.3, -0.25) is 14.6 Å². The summed E-state index contributed by atoms with van der Waals surface area (Å²) in [6, 6.07) is 8.35. The summed E-state index contributed by atoms with van der Waals surface area (Å²) in [6.07, 6.45) is 9.02. The third-order valence-electron chi connectivity index (χ3n) is 8.91. The Morgan fingerprint density at radius 1 is 1.14 bits per heavy atom. The second-order valence-electron chi connectivity index (χ2n) is 11.8. The number of methoxy groups -OCH3 is 1. The Balaban J connectivity index is 1.13. The molecule has 1 saturated heterocycles. The number of nitrogens with one attached hydrogen (secondary N) is 4. The van der Waals surface area contributed by atoms with E-state index in [1.165, 1.54) is 19.2 Å². The van der Waals surface area contributed by atoms with Gasteiger partial charge in [0, 0.05) is 36.0 Å². The van der Waals surface area contributed by atoms with Gasteiger partial charge >= 0.3 is 0 Å². The van der Waals surface area contributed by atoms with E-state index in [1.807, 2.05) is 49.3 Å². The van der Waals surface area contributed by atoms with Gasteiger partial charge < -0.3 is 30.9 Å². The third-order valence-corrected chi connectivity index (χ3v) is 8.91. The van der Waals surface area contributed by atoms with E-state index in [1.54, 1.807) is 6.20 Å². The molecule has 0 radical (unpaired) electrons. The first-order valence-electron chi connectivity index (χ1n) is 15.2. The number of ether oxygens (including phenoxy) is 1. The van der Waals surface area contributed by atoms with Gasteiger partial charge in [-0.05, 0) is 86.3 Å². The number of benzene rings is 2. The van der Waals surface area contributed by atoms with Crippen LogP contribution in [0.5, 0.6) is 5.75 Å². The number of anilines is 1. The summed E-state index contributed by atoms with van der Waals surface area (Å²) in [6.45, 7) is 2.86. The van der Waals surface area contributed by atoms with Crippen LogP contribution in [0.1, 0.15) is 54.1 Å². The molecule has 0 bridgehead atoms. The lowest BCUT2D eigenvalue weighted by Crippen LogP contribution is -2.43. The van der Waals surface area contributed by atoms with Crippen LogP contribution in [-0.4, -0.2) is 67.4 Å². The van der Waals surface area contributed by atoms with Gasteiger partial charge in [0.25, 0.3) is 5.91 Å². The van der Waals surface area contributed by atoms with Crippen molar-refractivity contribution in [2.75, 3.05) is 26.0 Å². The van der Waals surface area contributed by atoms with Gasteiger partial charge in [0.15, 0.2) is 11.6 Å². The quantitative estimate of drug-likeness (QED) is 0.345. The molecule has 3 aliphatic heterocycles. The number of amides is 2. The minimum atomic E-state index is -1.02.